The van der Waals surface area contributed by atoms with Crippen LogP contribution in [0.2, 0.25) is 5.02 Å². The molecule has 0 spiro atoms. The van der Waals surface area contributed by atoms with E-state index in [-0.39, 0.29) is 18.0 Å². The van der Waals surface area contributed by atoms with Crippen LogP contribution < -0.4 is 20.5 Å². The van der Waals surface area contributed by atoms with Crippen molar-refractivity contribution in [2.24, 2.45) is 5.73 Å². The molecule has 1 saturated heterocycles. The lowest BCUT2D eigenvalue weighted by Gasteiger charge is -2.37. The number of piperidine rings is 1. The topological polar surface area (TPSA) is 137 Å². The van der Waals surface area contributed by atoms with Crippen LogP contribution in [0.5, 0.6) is 11.5 Å². The first-order valence-corrected chi connectivity index (χ1v) is 12.9. The lowest BCUT2D eigenvalue weighted by molar-refractivity contribution is 0.0988. The Labute approximate surface area is 206 Å². The molecule has 3 aromatic rings. The zero-order valence-corrected chi connectivity index (χ0v) is 20.4. The highest BCUT2D eigenvalue weighted by Crippen LogP contribution is 2.37. The fourth-order valence-electron chi connectivity index (χ4n) is 3.97. The Morgan fingerprint density at radius 2 is 2.03 bits per heavy atom. The second kappa shape index (κ2) is 9.70. The van der Waals surface area contributed by atoms with Crippen molar-refractivity contribution < 1.29 is 27.1 Å². The number of hydrogen-bond donors (Lipinski definition) is 2. The monoisotopic (exact) mass is 523 g/mol. The number of sulfone groups is 1. The average Bonchev–Trinajstić information content (AvgIpc) is 2.80. The van der Waals surface area contributed by atoms with Crippen LogP contribution in [-0.2, 0) is 9.84 Å². The number of anilines is 2. The number of halogens is 2. The van der Waals surface area contributed by atoms with Gasteiger partial charge in [0, 0.05) is 42.8 Å². The van der Waals surface area contributed by atoms with Crippen molar-refractivity contribution in [3.8, 4) is 11.5 Å². The number of nitrogens with one attached hydrogen (secondary N) is 1. The molecule has 3 N–H and O–H groups in total. The van der Waals surface area contributed by atoms with Crippen LogP contribution in [0.4, 0.5) is 20.7 Å². The number of likely N-dealkylation sites (tertiary alicyclic amines) is 1. The first kappa shape index (κ1) is 24.7. The van der Waals surface area contributed by atoms with E-state index in [1.165, 1.54) is 31.6 Å². The molecule has 2 aromatic carbocycles. The summed E-state index contributed by atoms with van der Waals surface area (Å²) in [6.07, 6.45) is 2.33. The number of carbonyl (C=O) groups is 1. The summed E-state index contributed by atoms with van der Waals surface area (Å²) >= 11 is 5.89. The van der Waals surface area contributed by atoms with Gasteiger partial charge in [-0.3, -0.25) is 0 Å². The normalized spacial score (nSPS) is 18.3. The van der Waals surface area contributed by atoms with Crippen LogP contribution in [0, 0.1) is 5.82 Å². The number of benzene rings is 2. The molecular formula is C22H23ClFN5O5S. The van der Waals surface area contributed by atoms with Crippen LogP contribution >= 0.6 is 11.6 Å². The van der Waals surface area contributed by atoms with Gasteiger partial charge in [0.05, 0.1) is 17.6 Å². The molecule has 1 aromatic heterocycles. The fourth-order valence-corrected chi connectivity index (χ4v) is 5.38. The third kappa shape index (κ3) is 5.33. The number of nitrogens with zero attached hydrogens (tertiary/aromatic N) is 3. The summed E-state index contributed by atoms with van der Waals surface area (Å²) in [5.74, 6) is 0.614. The molecule has 2 unspecified atom stereocenters. The number of primary amides is 1. The Kier molecular flexibility index (Phi) is 6.86. The van der Waals surface area contributed by atoms with Gasteiger partial charge in [-0.15, -0.1) is 0 Å². The second-order valence-corrected chi connectivity index (χ2v) is 10.7. The minimum absolute atomic E-state index is 0.0400. The van der Waals surface area contributed by atoms with Crippen LogP contribution in [0.25, 0.3) is 10.9 Å². The van der Waals surface area contributed by atoms with Crippen molar-refractivity contribution >= 4 is 49.9 Å². The summed E-state index contributed by atoms with van der Waals surface area (Å²) in [6, 6.07) is 6.75. The predicted octanol–water partition coefficient (Wildman–Crippen LogP) is 3.47. The van der Waals surface area contributed by atoms with Crippen LogP contribution in [0.3, 0.4) is 0 Å². The summed E-state index contributed by atoms with van der Waals surface area (Å²) in [5.41, 5.74) is 6.44. The fraction of sp³-hybridized carbons (Fsp3) is 0.318. The zero-order chi connectivity index (χ0) is 25.3. The van der Waals surface area contributed by atoms with E-state index in [1.54, 1.807) is 12.1 Å². The first-order valence-electron chi connectivity index (χ1n) is 10.5. The largest absolute Gasteiger partial charge is 0.493 e. The van der Waals surface area contributed by atoms with E-state index in [4.69, 9.17) is 26.8 Å². The molecule has 1 fully saturated rings. The van der Waals surface area contributed by atoms with Gasteiger partial charge in [-0.05, 0) is 24.3 Å². The van der Waals surface area contributed by atoms with Gasteiger partial charge in [0.1, 0.15) is 29.4 Å². The lowest BCUT2D eigenvalue weighted by Crippen LogP contribution is -2.53. The quantitative estimate of drug-likeness (QED) is 0.501. The van der Waals surface area contributed by atoms with E-state index in [0.29, 0.717) is 40.3 Å². The van der Waals surface area contributed by atoms with Crippen molar-refractivity contribution in [2.45, 2.75) is 24.3 Å². The summed E-state index contributed by atoms with van der Waals surface area (Å²) in [6.45, 7) is 0.134. The molecule has 0 radical (unpaired) electrons. The van der Waals surface area contributed by atoms with Gasteiger partial charge in [-0.1, -0.05) is 11.6 Å². The number of rotatable bonds is 6. The number of urea groups is 1. The van der Waals surface area contributed by atoms with E-state index in [0.717, 1.165) is 11.2 Å². The molecule has 186 valence electrons. The van der Waals surface area contributed by atoms with E-state index in [9.17, 15) is 17.6 Å². The van der Waals surface area contributed by atoms with Crippen molar-refractivity contribution in [1.82, 2.24) is 14.9 Å². The molecule has 2 atom stereocenters. The molecule has 13 heteroatoms. The Balaban J connectivity index is 1.66. The number of ether oxygens (including phenoxy) is 2. The average molecular weight is 524 g/mol. The molecule has 0 aliphatic carbocycles. The maximum Gasteiger partial charge on any atom is 0.315 e. The number of nitrogens with two attached hydrogens (primary N) is 1. The summed E-state index contributed by atoms with van der Waals surface area (Å²) in [5, 5.41) is 2.55. The first-order chi connectivity index (χ1) is 16.6. The standard InChI is InChI=1S/C22H23ClFN5O5S/c1-33-18-10-17-14(21(27-11-26-17)28-12-3-4-16(24)15(23)7-12)9-19(18)34-13-5-6-29(22(25)30)20(8-13)35(2,31)32/h3-4,7,9-11,13,20H,5-6,8H2,1-2H3,(H2,25,30)(H,26,27,28). The highest BCUT2D eigenvalue weighted by atomic mass is 35.5. The van der Waals surface area contributed by atoms with Gasteiger partial charge in [0.15, 0.2) is 21.3 Å². The Hall–Kier alpha value is -3.38. The highest BCUT2D eigenvalue weighted by molar-refractivity contribution is 7.91. The molecular weight excluding hydrogens is 501 g/mol. The van der Waals surface area contributed by atoms with Crippen molar-refractivity contribution in [2.75, 3.05) is 25.2 Å². The maximum atomic E-state index is 13.5. The molecule has 10 nitrogen and oxygen atoms in total. The minimum atomic E-state index is -3.60. The van der Waals surface area contributed by atoms with Crippen LogP contribution in [-0.4, -0.2) is 60.7 Å². The molecule has 0 bridgehead atoms. The molecule has 0 saturated carbocycles. The maximum absolute atomic E-state index is 13.5. The number of carbonyl (C=O) groups excluding carboxylic acids is 1. The van der Waals surface area contributed by atoms with E-state index in [2.05, 4.69) is 15.3 Å². The summed E-state index contributed by atoms with van der Waals surface area (Å²) in [7, 11) is -2.12. The SMILES string of the molecule is COc1cc2ncnc(Nc3ccc(F)c(Cl)c3)c2cc1OC1CCN(C(N)=O)C(S(C)(=O)=O)C1. The third-order valence-electron chi connectivity index (χ3n) is 5.68. The Bertz CT molecular complexity index is 1390. The molecule has 2 amide bonds. The Morgan fingerprint density at radius 3 is 2.69 bits per heavy atom. The summed E-state index contributed by atoms with van der Waals surface area (Å²) in [4.78, 5) is 21.4. The number of amides is 2. The second-order valence-electron chi connectivity index (χ2n) is 8.08. The molecule has 2 heterocycles. The number of aromatic nitrogens is 2. The summed E-state index contributed by atoms with van der Waals surface area (Å²) < 4.78 is 49.7. The van der Waals surface area contributed by atoms with E-state index >= 15 is 0 Å². The van der Waals surface area contributed by atoms with E-state index < -0.39 is 33.2 Å². The number of fused-ring (bicyclic) bond motifs is 1. The number of hydrogen-bond acceptors (Lipinski definition) is 8. The molecule has 1 aliphatic heterocycles. The van der Waals surface area contributed by atoms with Gasteiger partial charge >= 0.3 is 6.03 Å². The van der Waals surface area contributed by atoms with Gasteiger partial charge in [0.2, 0.25) is 0 Å². The third-order valence-corrected chi connectivity index (χ3v) is 7.40. The highest BCUT2D eigenvalue weighted by Gasteiger charge is 2.38. The molecule has 35 heavy (non-hydrogen) atoms. The lowest BCUT2D eigenvalue weighted by atomic mass is 10.1. The smallest absolute Gasteiger partial charge is 0.315 e. The van der Waals surface area contributed by atoms with Crippen LogP contribution in [0.1, 0.15) is 12.8 Å². The van der Waals surface area contributed by atoms with E-state index in [1.807, 2.05) is 0 Å². The molecule has 1 aliphatic rings. The minimum Gasteiger partial charge on any atom is -0.493 e. The predicted molar refractivity (Wildman–Crippen MR) is 129 cm³/mol. The zero-order valence-electron chi connectivity index (χ0n) is 18.9. The van der Waals surface area contributed by atoms with Gasteiger partial charge in [-0.25, -0.2) is 27.6 Å². The Morgan fingerprint density at radius 1 is 1.26 bits per heavy atom. The molecule has 4 rings (SSSR count). The number of methoxy groups -OCH3 is 1. The van der Waals surface area contributed by atoms with Crippen molar-refractivity contribution in [3.05, 3.63) is 47.5 Å². The van der Waals surface area contributed by atoms with Gasteiger partial charge < -0.3 is 25.4 Å². The van der Waals surface area contributed by atoms with Crippen LogP contribution in [0.15, 0.2) is 36.7 Å². The van der Waals surface area contributed by atoms with Crippen molar-refractivity contribution in [3.63, 3.8) is 0 Å². The van der Waals surface area contributed by atoms with Gasteiger partial charge in [-0.2, -0.15) is 0 Å². The van der Waals surface area contributed by atoms with Gasteiger partial charge in [0.25, 0.3) is 0 Å². The van der Waals surface area contributed by atoms with Crippen molar-refractivity contribution in [1.29, 1.82) is 0 Å².